The van der Waals surface area contributed by atoms with Crippen molar-refractivity contribution in [2.45, 2.75) is 64.5 Å². The van der Waals surface area contributed by atoms with Gasteiger partial charge in [-0.2, -0.15) is 5.26 Å². The van der Waals surface area contributed by atoms with Crippen LogP contribution in [0.15, 0.2) is 11.8 Å². The number of hydrogen-bond acceptors (Lipinski definition) is 6. The maximum atomic E-state index is 12.2. The van der Waals surface area contributed by atoms with E-state index in [0.717, 1.165) is 13.0 Å². The minimum atomic E-state index is -0.520. The van der Waals surface area contributed by atoms with Crippen molar-refractivity contribution in [3.8, 4) is 6.07 Å². The average Bonchev–Trinajstić information content (AvgIpc) is 3.09. The monoisotopic (exact) mass is 419 g/mol. The maximum Gasteiger partial charge on any atom is 0.410 e. The molecule has 0 aromatic rings. The van der Waals surface area contributed by atoms with E-state index in [0.29, 0.717) is 51.9 Å². The Morgan fingerprint density at radius 3 is 2.53 bits per heavy atom. The summed E-state index contributed by atoms with van der Waals surface area (Å²) < 4.78 is 5.38. The van der Waals surface area contributed by atoms with Gasteiger partial charge in [-0.25, -0.2) is 4.79 Å². The summed E-state index contributed by atoms with van der Waals surface area (Å²) in [6, 6.07) is 2.01. The lowest BCUT2D eigenvalue weighted by Crippen LogP contribution is -2.45. The molecule has 2 rings (SSSR count). The number of hydrogen-bond donors (Lipinski definition) is 2. The van der Waals surface area contributed by atoms with Gasteiger partial charge >= 0.3 is 6.09 Å². The van der Waals surface area contributed by atoms with E-state index in [2.05, 4.69) is 10.6 Å². The molecule has 3 amide bonds. The van der Waals surface area contributed by atoms with Crippen molar-refractivity contribution in [1.82, 2.24) is 20.4 Å². The van der Waals surface area contributed by atoms with Gasteiger partial charge in [0.1, 0.15) is 17.2 Å². The molecule has 0 unspecified atom stereocenters. The zero-order chi connectivity index (χ0) is 22.1. The predicted octanol–water partition coefficient (Wildman–Crippen LogP) is 1.51. The molecular formula is C21H33N5O4. The fourth-order valence-electron chi connectivity index (χ4n) is 3.41. The first kappa shape index (κ1) is 23.5. The van der Waals surface area contributed by atoms with Crippen LogP contribution < -0.4 is 10.6 Å². The Labute approximate surface area is 178 Å². The van der Waals surface area contributed by atoms with Gasteiger partial charge in [0.25, 0.3) is 5.91 Å². The van der Waals surface area contributed by atoms with Crippen LogP contribution in [-0.2, 0) is 14.3 Å². The highest BCUT2D eigenvalue weighted by atomic mass is 16.6. The second-order valence-corrected chi connectivity index (χ2v) is 8.67. The summed E-state index contributed by atoms with van der Waals surface area (Å²) in [5, 5.41) is 15.1. The largest absolute Gasteiger partial charge is 0.444 e. The van der Waals surface area contributed by atoms with E-state index < -0.39 is 11.5 Å². The van der Waals surface area contributed by atoms with Crippen molar-refractivity contribution in [2.24, 2.45) is 0 Å². The van der Waals surface area contributed by atoms with Crippen molar-refractivity contribution in [1.29, 1.82) is 5.26 Å². The van der Waals surface area contributed by atoms with E-state index in [9.17, 15) is 19.6 Å². The molecule has 0 saturated carbocycles. The molecule has 2 aliphatic rings. The molecule has 0 aromatic heterocycles. The highest BCUT2D eigenvalue weighted by molar-refractivity contribution is 5.97. The van der Waals surface area contributed by atoms with Crippen molar-refractivity contribution < 1.29 is 19.1 Å². The first-order valence-corrected chi connectivity index (χ1v) is 10.6. The van der Waals surface area contributed by atoms with Crippen LogP contribution in [0.5, 0.6) is 0 Å². The molecule has 0 radical (unpaired) electrons. The number of piperidine rings is 1. The molecule has 0 aliphatic carbocycles. The van der Waals surface area contributed by atoms with Crippen LogP contribution in [0.25, 0.3) is 0 Å². The highest BCUT2D eigenvalue weighted by Gasteiger charge is 2.26. The summed E-state index contributed by atoms with van der Waals surface area (Å²) in [5.41, 5.74) is -0.504. The predicted molar refractivity (Wildman–Crippen MR) is 111 cm³/mol. The zero-order valence-electron chi connectivity index (χ0n) is 18.2. The van der Waals surface area contributed by atoms with Gasteiger partial charge in [0.05, 0.1) is 0 Å². The van der Waals surface area contributed by atoms with E-state index in [1.807, 2.05) is 26.8 Å². The van der Waals surface area contributed by atoms with Crippen LogP contribution in [0.2, 0.25) is 0 Å². The van der Waals surface area contributed by atoms with E-state index in [1.165, 1.54) is 6.20 Å². The first-order chi connectivity index (χ1) is 14.2. The summed E-state index contributed by atoms with van der Waals surface area (Å²) >= 11 is 0. The lowest BCUT2D eigenvalue weighted by atomic mass is 10.1. The second kappa shape index (κ2) is 10.9. The topological polar surface area (TPSA) is 115 Å². The third kappa shape index (κ3) is 7.58. The Morgan fingerprint density at radius 2 is 1.97 bits per heavy atom. The summed E-state index contributed by atoms with van der Waals surface area (Å²) in [4.78, 5) is 39.3. The molecule has 0 atom stereocenters. The van der Waals surface area contributed by atoms with Gasteiger partial charge in [-0.15, -0.1) is 0 Å². The number of amides is 3. The minimum absolute atomic E-state index is 0.0156. The number of ether oxygens (including phenoxy) is 1. The van der Waals surface area contributed by atoms with Crippen LogP contribution in [0.1, 0.15) is 52.9 Å². The van der Waals surface area contributed by atoms with Gasteiger partial charge in [0, 0.05) is 51.4 Å². The Hall–Kier alpha value is -2.76. The molecule has 9 nitrogen and oxygen atoms in total. The summed E-state index contributed by atoms with van der Waals surface area (Å²) in [6.45, 7) is 8.45. The Morgan fingerprint density at radius 1 is 1.27 bits per heavy atom. The molecular weight excluding hydrogens is 386 g/mol. The van der Waals surface area contributed by atoms with Gasteiger partial charge in [0.2, 0.25) is 5.91 Å². The molecule has 166 valence electrons. The molecule has 2 N–H and O–H groups in total. The van der Waals surface area contributed by atoms with E-state index in [-0.39, 0.29) is 23.6 Å². The quantitative estimate of drug-likeness (QED) is 0.367. The minimum Gasteiger partial charge on any atom is -0.444 e. The SMILES string of the molecule is CC(C)(C)OC(=O)N1CCC(N/C=C(/C#N)C(=O)NCCCN2CCCC2=O)CC1. The maximum absolute atomic E-state index is 12.2. The molecule has 0 aromatic carbocycles. The molecule has 0 bridgehead atoms. The second-order valence-electron chi connectivity index (χ2n) is 8.67. The average molecular weight is 420 g/mol. The van der Waals surface area contributed by atoms with Crippen LogP contribution in [-0.4, -0.2) is 72.1 Å². The summed E-state index contributed by atoms with van der Waals surface area (Å²) in [6.07, 6.45) is 4.72. The third-order valence-corrected chi connectivity index (χ3v) is 5.04. The van der Waals surface area contributed by atoms with Crippen LogP contribution in [0, 0.1) is 11.3 Å². The zero-order valence-corrected chi connectivity index (χ0v) is 18.2. The number of nitriles is 1. The smallest absolute Gasteiger partial charge is 0.410 e. The lowest BCUT2D eigenvalue weighted by Gasteiger charge is -2.33. The molecule has 30 heavy (non-hydrogen) atoms. The molecule has 0 spiro atoms. The van der Waals surface area contributed by atoms with Gasteiger partial charge < -0.3 is 25.2 Å². The molecule has 9 heteroatoms. The van der Waals surface area contributed by atoms with Crippen LogP contribution in [0.4, 0.5) is 4.79 Å². The van der Waals surface area contributed by atoms with Crippen molar-refractivity contribution in [3.05, 3.63) is 11.8 Å². The van der Waals surface area contributed by atoms with Crippen molar-refractivity contribution in [3.63, 3.8) is 0 Å². The van der Waals surface area contributed by atoms with E-state index in [1.54, 1.807) is 9.80 Å². The number of likely N-dealkylation sites (tertiary alicyclic amines) is 2. The van der Waals surface area contributed by atoms with Gasteiger partial charge in [-0.05, 0) is 46.5 Å². The number of nitrogens with zero attached hydrogens (tertiary/aromatic N) is 3. The first-order valence-electron chi connectivity index (χ1n) is 10.6. The number of carbonyl (C=O) groups excluding carboxylic acids is 3. The van der Waals surface area contributed by atoms with Crippen LogP contribution >= 0.6 is 0 Å². The fraction of sp³-hybridized carbons (Fsp3) is 0.714. The van der Waals surface area contributed by atoms with Gasteiger partial charge in [-0.1, -0.05) is 0 Å². The summed E-state index contributed by atoms with van der Waals surface area (Å²) in [5.74, 6) is -0.259. The third-order valence-electron chi connectivity index (χ3n) is 5.04. The lowest BCUT2D eigenvalue weighted by molar-refractivity contribution is -0.127. The summed E-state index contributed by atoms with van der Waals surface area (Å²) in [7, 11) is 0. The Bertz CT molecular complexity index is 699. The van der Waals surface area contributed by atoms with Gasteiger partial charge in [-0.3, -0.25) is 9.59 Å². The molecule has 2 saturated heterocycles. The molecule has 2 aliphatic heterocycles. The Balaban J connectivity index is 1.69. The number of rotatable bonds is 7. The molecule has 2 fully saturated rings. The molecule has 2 heterocycles. The van der Waals surface area contributed by atoms with Crippen molar-refractivity contribution >= 4 is 17.9 Å². The van der Waals surface area contributed by atoms with Crippen LogP contribution in [0.3, 0.4) is 0 Å². The highest BCUT2D eigenvalue weighted by Crippen LogP contribution is 2.15. The van der Waals surface area contributed by atoms with Gasteiger partial charge in [0.15, 0.2) is 0 Å². The normalized spacial score (nSPS) is 18.2. The number of carbonyl (C=O) groups is 3. The number of nitrogens with one attached hydrogen (secondary N) is 2. The van der Waals surface area contributed by atoms with E-state index in [4.69, 9.17) is 4.74 Å². The van der Waals surface area contributed by atoms with Crippen molar-refractivity contribution in [2.75, 3.05) is 32.7 Å². The Kier molecular flexibility index (Phi) is 8.51. The standard InChI is InChI=1S/C21H33N5O4/c1-21(2,3)30-20(29)26-12-7-17(8-13-26)24-15-16(14-22)19(28)23-9-5-11-25-10-4-6-18(25)27/h15,17,24H,4-13H2,1-3H3,(H,23,28)/b16-15-. The van der Waals surface area contributed by atoms with E-state index >= 15 is 0 Å². The fourth-order valence-corrected chi connectivity index (χ4v) is 3.41.